The average Bonchev–Trinajstić information content (AvgIpc) is 2.61. The van der Waals surface area contributed by atoms with Crippen molar-refractivity contribution in [3.8, 4) is 17.0 Å². The van der Waals surface area contributed by atoms with E-state index in [0.29, 0.717) is 11.3 Å². The monoisotopic (exact) mass is 330 g/mol. The van der Waals surface area contributed by atoms with E-state index in [-0.39, 0.29) is 11.6 Å². The van der Waals surface area contributed by atoms with Crippen LogP contribution in [0.15, 0.2) is 30.6 Å². The van der Waals surface area contributed by atoms with Crippen LogP contribution in [0.4, 0.5) is 4.39 Å². The first-order valence-corrected chi connectivity index (χ1v) is 8.89. The summed E-state index contributed by atoms with van der Waals surface area (Å²) in [4.78, 5) is 8.87. The van der Waals surface area contributed by atoms with Crippen LogP contribution in [0, 0.1) is 5.82 Å². The van der Waals surface area contributed by atoms with Crippen LogP contribution in [-0.4, -0.2) is 17.1 Å². The summed E-state index contributed by atoms with van der Waals surface area (Å²) in [6, 6.07) is 4.83. The maximum atomic E-state index is 13.8. The molecule has 0 saturated carbocycles. The fourth-order valence-electron chi connectivity index (χ4n) is 2.72. The molecule has 0 atom stereocenters. The Bertz CT molecular complexity index is 614. The average molecular weight is 330 g/mol. The number of aryl methyl sites for hydroxylation is 1. The van der Waals surface area contributed by atoms with E-state index in [0.717, 1.165) is 18.5 Å². The molecule has 0 aliphatic carbocycles. The van der Waals surface area contributed by atoms with Gasteiger partial charge in [-0.2, -0.15) is 0 Å². The third kappa shape index (κ3) is 5.59. The van der Waals surface area contributed by atoms with Gasteiger partial charge in [-0.15, -0.1) is 0 Å². The van der Waals surface area contributed by atoms with Crippen LogP contribution in [0.25, 0.3) is 11.3 Å². The molecule has 0 aliphatic rings. The molecular formula is C20H27FN2O. The minimum absolute atomic E-state index is 0.238. The maximum absolute atomic E-state index is 13.8. The molecule has 0 aliphatic heterocycles. The van der Waals surface area contributed by atoms with Crippen molar-refractivity contribution in [3.05, 3.63) is 42.1 Å². The Morgan fingerprint density at radius 3 is 2.33 bits per heavy atom. The number of unbranched alkanes of at least 4 members (excludes halogenated alkanes) is 6. The first-order chi connectivity index (χ1) is 11.7. The second-order valence-electron chi connectivity index (χ2n) is 6.11. The van der Waals surface area contributed by atoms with Gasteiger partial charge in [-0.3, -0.25) is 9.97 Å². The highest BCUT2D eigenvalue weighted by Gasteiger charge is 2.07. The second kappa shape index (κ2) is 10.0. The Hall–Kier alpha value is -1.97. The van der Waals surface area contributed by atoms with E-state index < -0.39 is 0 Å². The summed E-state index contributed by atoms with van der Waals surface area (Å²) in [5, 5.41) is 0. The van der Waals surface area contributed by atoms with Gasteiger partial charge in [0, 0.05) is 11.8 Å². The standard InChI is InChI=1S/C20H27FN2O/c1-3-4-5-6-7-8-9-10-17-14-23-19(15-22-17)16-11-12-20(24-2)18(21)13-16/h11-15H,3-10H2,1-2H3. The number of nitrogens with zero attached hydrogens (tertiary/aromatic N) is 2. The molecule has 2 rings (SSSR count). The van der Waals surface area contributed by atoms with E-state index in [1.807, 2.05) is 0 Å². The summed E-state index contributed by atoms with van der Waals surface area (Å²) in [5.74, 6) is -0.147. The van der Waals surface area contributed by atoms with Gasteiger partial charge in [0.15, 0.2) is 11.6 Å². The minimum Gasteiger partial charge on any atom is -0.494 e. The third-order valence-electron chi connectivity index (χ3n) is 4.19. The predicted octanol–water partition coefficient (Wildman–Crippen LogP) is 5.58. The predicted molar refractivity (Wildman–Crippen MR) is 95.7 cm³/mol. The summed E-state index contributed by atoms with van der Waals surface area (Å²) in [6.45, 7) is 2.24. The van der Waals surface area contributed by atoms with Crippen LogP contribution >= 0.6 is 0 Å². The van der Waals surface area contributed by atoms with Crippen molar-refractivity contribution in [2.45, 2.75) is 58.3 Å². The molecule has 24 heavy (non-hydrogen) atoms. The van der Waals surface area contributed by atoms with E-state index in [2.05, 4.69) is 16.9 Å². The first kappa shape index (κ1) is 18.4. The van der Waals surface area contributed by atoms with Gasteiger partial charge in [-0.1, -0.05) is 45.4 Å². The van der Waals surface area contributed by atoms with Gasteiger partial charge in [-0.05, 0) is 31.0 Å². The van der Waals surface area contributed by atoms with Gasteiger partial charge in [-0.25, -0.2) is 4.39 Å². The van der Waals surface area contributed by atoms with E-state index in [1.54, 1.807) is 24.5 Å². The molecule has 0 amide bonds. The normalized spacial score (nSPS) is 10.8. The Morgan fingerprint density at radius 1 is 0.958 bits per heavy atom. The Kier molecular flexibility index (Phi) is 7.66. The Morgan fingerprint density at radius 2 is 1.71 bits per heavy atom. The maximum Gasteiger partial charge on any atom is 0.165 e. The number of hydrogen-bond acceptors (Lipinski definition) is 3. The highest BCUT2D eigenvalue weighted by atomic mass is 19.1. The number of benzene rings is 1. The van der Waals surface area contributed by atoms with Crippen molar-refractivity contribution in [2.75, 3.05) is 7.11 Å². The van der Waals surface area contributed by atoms with Crippen LogP contribution in [0.3, 0.4) is 0 Å². The van der Waals surface area contributed by atoms with Crippen molar-refractivity contribution in [3.63, 3.8) is 0 Å². The van der Waals surface area contributed by atoms with Crippen molar-refractivity contribution in [2.24, 2.45) is 0 Å². The summed E-state index contributed by atoms with van der Waals surface area (Å²) in [7, 11) is 1.45. The van der Waals surface area contributed by atoms with Crippen LogP contribution in [0.2, 0.25) is 0 Å². The van der Waals surface area contributed by atoms with Gasteiger partial charge in [0.25, 0.3) is 0 Å². The van der Waals surface area contributed by atoms with Crippen LogP contribution in [0.1, 0.15) is 57.6 Å². The van der Waals surface area contributed by atoms with Crippen molar-refractivity contribution in [1.29, 1.82) is 0 Å². The Balaban J connectivity index is 1.81. The van der Waals surface area contributed by atoms with Crippen LogP contribution in [-0.2, 0) is 6.42 Å². The topological polar surface area (TPSA) is 35.0 Å². The molecule has 0 bridgehead atoms. The third-order valence-corrected chi connectivity index (χ3v) is 4.19. The molecule has 130 valence electrons. The van der Waals surface area contributed by atoms with E-state index in [4.69, 9.17) is 4.74 Å². The van der Waals surface area contributed by atoms with E-state index in [9.17, 15) is 4.39 Å². The second-order valence-corrected chi connectivity index (χ2v) is 6.11. The zero-order chi connectivity index (χ0) is 17.2. The fraction of sp³-hybridized carbons (Fsp3) is 0.500. The molecular weight excluding hydrogens is 303 g/mol. The molecule has 0 N–H and O–H groups in total. The first-order valence-electron chi connectivity index (χ1n) is 8.89. The lowest BCUT2D eigenvalue weighted by molar-refractivity contribution is 0.386. The highest BCUT2D eigenvalue weighted by Crippen LogP contribution is 2.23. The number of aromatic nitrogens is 2. The van der Waals surface area contributed by atoms with Gasteiger partial charge in [0.2, 0.25) is 0 Å². The van der Waals surface area contributed by atoms with Crippen LogP contribution in [0.5, 0.6) is 5.75 Å². The van der Waals surface area contributed by atoms with Gasteiger partial charge < -0.3 is 4.74 Å². The minimum atomic E-state index is -0.385. The number of halogens is 1. The SMILES string of the molecule is CCCCCCCCCc1cnc(-c2ccc(OC)c(F)c2)cn1. The Labute approximate surface area is 144 Å². The van der Waals surface area contributed by atoms with E-state index in [1.165, 1.54) is 51.7 Å². The highest BCUT2D eigenvalue weighted by molar-refractivity contribution is 5.59. The lowest BCUT2D eigenvalue weighted by Gasteiger charge is -2.06. The van der Waals surface area contributed by atoms with Crippen molar-refractivity contribution >= 4 is 0 Å². The van der Waals surface area contributed by atoms with Crippen molar-refractivity contribution in [1.82, 2.24) is 9.97 Å². The van der Waals surface area contributed by atoms with E-state index >= 15 is 0 Å². The number of hydrogen-bond donors (Lipinski definition) is 0. The quantitative estimate of drug-likeness (QED) is 0.533. The molecule has 0 spiro atoms. The zero-order valence-corrected chi connectivity index (χ0v) is 14.7. The molecule has 0 radical (unpaired) electrons. The molecule has 2 aromatic rings. The zero-order valence-electron chi connectivity index (χ0n) is 14.7. The summed E-state index contributed by atoms with van der Waals surface area (Å²) in [5.41, 5.74) is 2.39. The molecule has 0 unspecified atom stereocenters. The molecule has 3 nitrogen and oxygen atoms in total. The number of ether oxygens (including phenoxy) is 1. The smallest absolute Gasteiger partial charge is 0.165 e. The molecule has 1 heterocycles. The van der Waals surface area contributed by atoms with Gasteiger partial charge in [0.05, 0.1) is 24.7 Å². The summed E-state index contributed by atoms with van der Waals surface area (Å²) >= 11 is 0. The molecule has 1 aromatic heterocycles. The fourth-order valence-corrected chi connectivity index (χ4v) is 2.72. The summed E-state index contributed by atoms with van der Waals surface area (Å²) in [6.07, 6.45) is 13.5. The lowest BCUT2D eigenvalue weighted by Crippen LogP contribution is -1.95. The van der Waals surface area contributed by atoms with Crippen LogP contribution < -0.4 is 4.74 Å². The number of methoxy groups -OCH3 is 1. The van der Waals surface area contributed by atoms with Crippen molar-refractivity contribution < 1.29 is 9.13 Å². The lowest BCUT2D eigenvalue weighted by atomic mass is 10.1. The molecule has 0 saturated heterocycles. The van der Waals surface area contributed by atoms with Gasteiger partial charge in [0.1, 0.15) is 0 Å². The summed E-state index contributed by atoms with van der Waals surface area (Å²) < 4.78 is 18.7. The molecule has 0 fully saturated rings. The molecule has 4 heteroatoms. The largest absolute Gasteiger partial charge is 0.494 e. The number of rotatable bonds is 10. The molecule has 1 aromatic carbocycles. The van der Waals surface area contributed by atoms with Gasteiger partial charge >= 0.3 is 0 Å².